The van der Waals surface area contributed by atoms with Crippen molar-refractivity contribution in [3.63, 3.8) is 0 Å². The van der Waals surface area contributed by atoms with E-state index in [1.165, 1.54) is 24.4 Å². The van der Waals surface area contributed by atoms with Crippen LogP contribution in [0, 0.1) is 12.7 Å². The zero-order valence-electron chi connectivity index (χ0n) is 21.2. The predicted molar refractivity (Wildman–Crippen MR) is 145 cm³/mol. The van der Waals surface area contributed by atoms with Gasteiger partial charge < -0.3 is 10.3 Å². The van der Waals surface area contributed by atoms with Crippen molar-refractivity contribution >= 4 is 34.2 Å². The lowest BCUT2D eigenvalue weighted by Gasteiger charge is -2.33. The van der Waals surface area contributed by atoms with Crippen LogP contribution in [0.1, 0.15) is 59.6 Å². The number of Topliss-reactive ketones (excluding diaryl/α,β-unsaturated/α-hetero) is 1. The largest absolute Gasteiger partial charge is 0.360 e. The Labute approximate surface area is 220 Å². The number of nitrogens with one attached hydrogen (secondary N) is 2. The number of anilines is 1. The number of carbonyl (C=O) groups excluding carboxylic acids is 3. The molecule has 1 aliphatic rings. The maximum absolute atomic E-state index is 14.5. The summed E-state index contributed by atoms with van der Waals surface area (Å²) in [5.74, 6) is -2.66. The molecule has 4 aromatic rings. The zero-order chi connectivity index (χ0) is 26.6. The summed E-state index contributed by atoms with van der Waals surface area (Å²) in [6, 6.07) is 18.7. The highest BCUT2D eigenvalue weighted by Crippen LogP contribution is 2.32. The first-order chi connectivity index (χ1) is 18.4. The molecule has 0 bridgehead atoms. The standard InChI is InChI=1S/C31H30FN3O3/c1-20-10-5-6-15-24(20)28(30(37)34-22-12-3-2-4-13-22)35(23-14-9-11-21(32)18-23)31(38)29(36)26-19-33-27-17-8-7-16-25(26)27/h5-11,14-19,22,28,33H,2-4,12-13H2,1H3,(H,34,37). The van der Waals surface area contributed by atoms with Crippen molar-refractivity contribution in [1.82, 2.24) is 10.3 Å². The highest BCUT2D eigenvalue weighted by Gasteiger charge is 2.38. The Kier molecular flexibility index (Phi) is 7.36. The fourth-order valence-corrected chi connectivity index (χ4v) is 5.31. The summed E-state index contributed by atoms with van der Waals surface area (Å²) in [4.78, 5) is 45.9. The van der Waals surface area contributed by atoms with Gasteiger partial charge in [-0.1, -0.05) is 67.8 Å². The molecule has 0 radical (unpaired) electrons. The number of amides is 2. The number of para-hydroxylation sites is 1. The fraction of sp³-hybridized carbons (Fsp3) is 0.258. The molecule has 0 aliphatic heterocycles. The number of aromatic nitrogens is 1. The first-order valence-electron chi connectivity index (χ1n) is 13.0. The molecule has 1 aromatic heterocycles. The predicted octanol–water partition coefficient (Wildman–Crippen LogP) is 6.02. The third-order valence-electron chi connectivity index (χ3n) is 7.27. The van der Waals surface area contributed by atoms with E-state index in [1.54, 1.807) is 30.3 Å². The normalized spacial score (nSPS) is 14.7. The van der Waals surface area contributed by atoms with Crippen LogP contribution in [0.15, 0.2) is 79.0 Å². The van der Waals surface area contributed by atoms with Crippen molar-refractivity contribution in [3.8, 4) is 0 Å². The number of aryl methyl sites for hydroxylation is 1. The van der Waals surface area contributed by atoms with Gasteiger partial charge in [0.15, 0.2) is 0 Å². The van der Waals surface area contributed by atoms with Gasteiger partial charge in [0, 0.05) is 28.8 Å². The Morgan fingerprint density at radius 2 is 1.68 bits per heavy atom. The molecule has 1 aliphatic carbocycles. The van der Waals surface area contributed by atoms with Crippen LogP contribution in [0.5, 0.6) is 0 Å². The second-order valence-electron chi connectivity index (χ2n) is 9.83. The second kappa shape index (κ2) is 11.0. The lowest BCUT2D eigenvalue weighted by Crippen LogP contribution is -2.49. The van der Waals surface area contributed by atoms with Crippen LogP contribution in [-0.2, 0) is 9.59 Å². The van der Waals surface area contributed by atoms with Crippen LogP contribution in [-0.4, -0.2) is 28.6 Å². The topological polar surface area (TPSA) is 82.3 Å². The van der Waals surface area contributed by atoms with Gasteiger partial charge in [-0.2, -0.15) is 0 Å². The maximum atomic E-state index is 14.5. The van der Waals surface area contributed by atoms with Crippen LogP contribution in [0.25, 0.3) is 10.9 Å². The number of H-pyrrole nitrogens is 1. The minimum absolute atomic E-state index is 0.0171. The Hall–Kier alpha value is -4.26. The van der Waals surface area contributed by atoms with Gasteiger partial charge in [0.1, 0.15) is 11.9 Å². The summed E-state index contributed by atoms with van der Waals surface area (Å²) in [6.45, 7) is 1.85. The van der Waals surface area contributed by atoms with Crippen molar-refractivity contribution in [2.45, 2.75) is 51.1 Å². The third-order valence-corrected chi connectivity index (χ3v) is 7.27. The van der Waals surface area contributed by atoms with E-state index < -0.39 is 29.5 Å². The number of benzene rings is 3. The van der Waals surface area contributed by atoms with E-state index in [9.17, 15) is 18.8 Å². The Morgan fingerprint density at radius 1 is 0.947 bits per heavy atom. The smallest absolute Gasteiger partial charge is 0.300 e. The number of carbonyl (C=O) groups is 3. The molecule has 1 heterocycles. The number of nitrogens with zero attached hydrogens (tertiary/aromatic N) is 1. The van der Waals surface area contributed by atoms with E-state index in [0.29, 0.717) is 16.5 Å². The van der Waals surface area contributed by atoms with Crippen molar-refractivity contribution in [2.75, 3.05) is 4.90 Å². The van der Waals surface area contributed by atoms with Gasteiger partial charge in [0.05, 0.1) is 5.56 Å². The van der Waals surface area contributed by atoms with Gasteiger partial charge in [0.25, 0.3) is 11.7 Å². The number of hydrogen-bond donors (Lipinski definition) is 2. The molecule has 1 unspecified atom stereocenters. The minimum atomic E-state index is -1.17. The molecule has 3 aromatic carbocycles. The molecule has 6 nitrogen and oxygen atoms in total. The summed E-state index contributed by atoms with van der Waals surface area (Å²) in [6.07, 6.45) is 6.38. The van der Waals surface area contributed by atoms with Gasteiger partial charge in [-0.3, -0.25) is 19.3 Å². The van der Waals surface area contributed by atoms with Crippen LogP contribution in [0.2, 0.25) is 0 Å². The number of halogens is 1. The van der Waals surface area contributed by atoms with E-state index in [4.69, 9.17) is 0 Å². The Morgan fingerprint density at radius 3 is 2.45 bits per heavy atom. The van der Waals surface area contributed by atoms with Gasteiger partial charge in [-0.25, -0.2) is 4.39 Å². The number of fused-ring (bicyclic) bond motifs is 1. The van der Waals surface area contributed by atoms with Gasteiger partial charge >= 0.3 is 0 Å². The van der Waals surface area contributed by atoms with Crippen LogP contribution in [0.4, 0.5) is 10.1 Å². The molecule has 2 N–H and O–H groups in total. The lowest BCUT2D eigenvalue weighted by molar-refractivity contribution is -0.126. The average Bonchev–Trinajstić information content (AvgIpc) is 3.36. The molecule has 2 amide bonds. The van der Waals surface area contributed by atoms with Gasteiger partial charge in [-0.15, -0.1) is 0 Å². The number of aromatic amines is 1. The molecule has 38 heavy (non-hydrogen) atoms. The molecular weight excluding hydrogens is 481 g/mol. The van der Waals surface area contributed by atoms with Crippen molar-refractivity contribution in [2.24, 2.45) is 0 Å². The minimum Gasteiger partial charge on any atom is -0.360 e. The van der Waals surface area contributed by atoms with Crippen LogP contribution < -0.4 is 10.2 Å². The Bertz CT molecular complexity index is 1490. The highest BCUT2D eigenvalue weighted by atomic mass is 19.1. The third kappa shape index (κ3) is 5.09. The molecule has 0 spiro atoms. The number of hydrogen-bond acceptors (Lipinski definition) is 3. The van der Waals surface area contributed by atoms with Gasteiger partial charge in [-0.05, 0) is 55.2 Å². The molecule has 1 atom stereocenters. The van der Waals surface area contributed by atoms with Crippen LogP contribution in [0.3, 0.4) is 0 Å². The average molecular weight is 512 g/mol. The summed E-state index contributed by atoms with van der Waals surface area (Å²) >= 11 is 0. The molecular formula is C31H30FN3O3. The Balaban J connectivity index is 1.62. The zero-order valence-corrected chi connectivity index (χ0v) is 21.2. The number of rotatable bonds is 7. The SMILES string of the molecule is Cc1ccccc1C(C(=O)NC1CCCCC1)N(C(=O)C(=O)c1c[nH]c2ccccc12)c1cccc(F)c1. The van der Waals surface area contributed by atoms with E-state index >= 15 is 0 Å². The van der Waals surface area contributed by atoms with Crippen molar-refractivity contribution in [3.05, 3.63) is 102 Å². The van der Waals surface area contributed by atoms with Gasteiger partial charge in [0.2, 0.25) is 5.91 Å². The summed E-state index contributed by atoms with van der Waals surface area (Å²) in [7, 11) is 0. The molecule has 0 saturated heterocycles. The van der Waals surface area contributed by atoms with Crippen molar-refractivity contribution < 1.29 is 18.8 Å². The van der Waals surface area contributed by atoms with Crippen molar-refractivity contribution in [1.29, 1.82) is 0 Å². The molecule has 7 heteroatoms. The molecule has 5 rings (SSSR count). The number of ketones is 1. The summed E-state index contributed by atoms with van der Waals surface area (Å²) in [5, 5.41) is 3.72. The van der Waals surface area contributed by atoms with E-state index in [-0.39, 0.29) is 17.3 Å². The first-order valence-corrected chi connectivity index (χ1v) is 13.0. The van der Waals surface area contributed by atoms with E-state index in [1.807, 2.05) is 31.2 Å². The quantitative estimate of drug-likeness (QED) is 0.235. The van der Waals surface area contributed by atoms with E-state index in [0.717, 1.165) is 42.6 Å². The molecule has 1 fully saturated rings. The maximum Gasteiger partial charge on any atom is 0.300 e. The first kappa shape index (κ1) is 25.4. The highest BCUT2D eigenvalue weighted by molar-refractivity contribution is 6.49. The lowest BCUT2D eigenvalue weighted by atomic mass is 9.93. The van der Waals surface area contributed by atoms with E-state index in [2.05, 4.69) is 10.3 Å². The van der Waals surface area contributed by atoms with Crippen LogP contribution >= 0.6 is 0 Å². The fourth-order valence-electron chi connectivity index (χ4n) is 5.31. The molecule has 194 valence electrons. The summed E-state index contributed by atoms with van der Waals surface area (Å²) in [5.41, 5.74) is 2.40. The monoisotopic (exact) mass is 511 g/mol. The molecule has 1 saturated carbocycles. The second-order valence-corrected chi connectivity index (χ2v) is 9.83. The summed E-state index contributed by atoms with van der Waals surface area (Å²) < 4.78 is 14.5.